The number of nitrogens with two attached hydrogens (primary N) is 2. The summed E-state index contributed by atoms with van der Waals surface area (Å²) in [6.45, 7) is 8.98. The third kappa shape index (κ3) is 2.95. The summed E-state index contributed by atoms with van der Waals surface area (Å²) in [5.41, 5.74) is 19.4. The molecule has 0 saturated heterocycles. The van der Waals surface area contributed by atoms with Crippen molar-refractivity contribution < 1.29 is 0 Å². The molecule has 2 heteroatoms. The minimum atomic E-state index is 0.0245. The standard InChI is InChI=1S/C21H30N2/c1-5-17-18(6-2)20(23)14-13-19(17)21(7-3,8-4)15-9-11-16(22)12-10-15/h9-14H,5-8,22-23H2,1-4H3. The van der Waals surface area contributed by atoms with E-state index >= 15 is 0 Å². The van der Waals surface area contributed by atoms with Gasteiger partial charge in [0, 0.05) is 16.8 Å². The summed E-state index contributed by atoms with van der Waals surface area (Å²) < 4.78 is 0. The molecule has 0 bridgehead atoms. The summed E-state index contributed by atoms with van der Waals surface area (Å²) in [6, 6.07) is 12.7. The third-order valence-corrected chi connectivity index (χ3v) is 5.36. The van der Waals surface area contributed by atoms with Crippen LogP contribution >= 0.6 is 0 Å². The van der Waals surface area contributed by atoms with Gasteiger partial charge >= 0.3 is 0 Å². The Hall–Kier alpha value is -1.96. The first kappa shape index (κ1) is 17.4. The van der Waals surface area contributed by atoms with E-state index in [9.17, 15) is 0 Å². The van der Waals surface area contributed by atoms with Gasteiger partial charge in [0.2, 0.25) is 0 Å². The van der Waals surface area contributed by atoms with Crippen molar-refractivity contribution in [3.63, 3.8) is 0 Å². The lowest BCUT2D eigenvalue weighted by molar-refractivity contribution is 0.474. The van der Waals surface area contributed by atoms with Crippen molar-refractivity contribution in [1.82, 2.24) is 0 Å². The van der Waals surface area contributed by atoms with E-state index in [1.165, 1.54) is 22.3 Å². The molecule has 0 aliphatic heterocycles. The minimum absolute atomic E-state index is 0.0245. The van der Waals surface area contributed by atoms with Crippen molar-refractivity contribution in [2.45, 2.75) is 58.8 Å². The highest BCUT2D eigenvalue weighted by molar-refractivity contribution is 5.58. The topological polar surface area (TPSA) is 52.0 Å². The monoisotopic (exact) mass is 310 g/mol. The second-order valence-electron chi connectivity index (χ2n) is 6.28. The van der Waals surface area contributed by atoms with Gasteiger partial charge in [-0.25, -0.2) is 0 Å². The van der Waals surface area contributed by atoms with Gasteiger partial charge in [-0.05, 0) is 66.1 Å². The summed E-state index contributed by atoms with van der Waals surface area (Å²) in [5.74, 6) is 0. The van der Waals surface area contributed by atoms with Crippen LogP contribution in [-0.2, 0) is 18.3 Å². The molecule has 0 fully saturated rings. The summed E-state index contributed by atoms with van der Waals surface area (Å²) in [7, 11) is 0. The molecule has 0 saturated carbocycles. The Balaban J connectivity index is 2.73. The number of hydrogen-bond donors (Lipinski definition) is 2. The molecule has 0 spiro atoms. The van der Waals surface area contributed by atoms with E-state index in [2.05, 4.69) is 52.0 Å². The van der Waals surface area contributed by atoms with E-state index in [4.69, 9.17) is 11.5 Å². The SMILES string of the molecule is CCc1c(N)ccc(C(CC)(CC)c2ccc(N)cc2)c1CC. The number of rotatable bonds is 6. The Morgan fingerprint density at radius 3 is 1.78 bits per heavy atom. The first-order valence-corrected chi connectivity index (χ1v) is 8.80. The van der Waals surface area contributed by atoms with Crippen LogP contribution in [0.2, 0.25) is 0 Å². The molecule has 2 rings (SSSR count). The molecule has 0 aromatic heterocycles. The van der Waals surface area contributed by atoms with E-state index in [1.54, 1.807) is 0 Å². The van der Waals surface area contributed by atoms with E-state index in [0.717, 1.165) is 37.1 Å². The zero-order chi connectivity index (χ0) is 17.0. The highest BCUT2D eigenvalue weighted by Crippen LogP contribution is 2.42. The molecule has 0 aliphatic rings. The highest BCUT2D eigenvalue weighted by atomic mass is 14.6. The molecule has 0 atom stereocenters. The Kier molecular flexibility index (Phi) is 5.35. The van der Waals surface area contributed by atoms with E-state index in [-0.39, 0.29) is 5.41 Å². The van der Waals surface area contributed by atoms with Crippen LogP contribution in [0, 0.1) is 0 Å². The van der Waals surface area contributed by atoms with Crippen molar-refractivity contribution >= 4 is 11.4 Å². The van der Waals surface area contributed by atoms with Gasteiger partial charge in [-0.2, -0.15) is 0 Å². The number of hydrogen-bond acceptors (Lipinski definition) is 2. The molecule has 2 aromatic rings. The molecule has 0 aliphatic carbocycles. The second-order valence-corrected chi connectivity index (χ2v) is 6.28. The van der Waals surface area contributed by atoms with Crippen LogP contribution in [0.3, 0.4) is 0 Å². The number of nitrogen functional groups attached to an aromatic ring is 2. The normalized spacial score (nSPS) is 11.7. The predicted molar refractivity (Wildman–Crippen MR) is 102 cm³/mol. The largest absolute Gasteiger partial charge is 0.399 e. The Morgan fingerprint density at radius 2 is 1.30 bits per heavy atom. The van der Waals surface area contributed by atoms with E-state index in [0.29, 0.717) is 0 Å². The minimum Gasteiger partial charge on any atom is -0.399 e. The van der Waals surface area contributed by atoms with Crippen molar-refractivity contribution in [3.8, 4) is 0 Å². The molecule has 4 N–H and O–H groups in total. The lowest BCUT2D eigenvalue weighted by atomic mass is 9.68. The molecular weight excluding hydrogens is 280 g/mol. The van der Waals surface area contributed by atoms with Gasteiger partial charge in [-0.1, -0.05) is 45.9 Å². The van der Waals surface area contributed by atoms with Crippen LogP contribution in [0.5, 0.6) is 0 Å². The molecule has 0 heterocycles. The van der Waals surface area contributed by atoms with Gasteiger partial charge in [0.1, 0.15) is 0 Å². The predicted octanol–water partition coefficient (Wildman–Crippen LogP) is 5.08. The average molecular weight is 310 g/mol. The van der Waals surface area contributed by atoms with E-state index in [1.807, 2.05) is 12.1 Å². The molecule has 0 radical (unpaired) electrons. The summed E-state index contributed by atoms with van der Waals surface area (Å²) in [4.78, 5) is 0. The van der Waals surface area contributed by atoms with Crippen LogP contribution in [-0.4, -0.2) is 0 Å². The molecular formula is C21H30N2. The zero-order valence-corrected chi connectivity index (χ0v) is 14.9. The first-order chi connectivity index (χ1) is 11.0. The maximum Gasteiger partial charge on any atom is 0.0349 e. The Bertz CT molecular complexity index is 652. The first-order valence-electron chi connectivity index (χ1n) is 8.80. The lowest BCUT2D eigenvalue weighted by Gasteiger charge is -2.36. The van der Waals surface area contributed by atoms with Crippen LogP contribution in [0.4, 0.5) is 11.4 Å². The van der Waals surface area contributed by atoms with Crippen molar-refractivity contribution in [2.75, 3.05) is 11.5 Å². The fourth-order valence-corrected chi connectivity index (χ4v) is 3.98. The molecule has 0 unspecified atom stereocenters. The number of benzene rings is 2. The fourth-order valence-electron chi connectivity index (χ4n) is 3.98. The second kappa shape index (κ2) is 7.08. The third-order valence-electron chi connectivity index (χ3n) is 5.36. The molecule has 2 nitrogen and oxygen atoms in total. The highest BCUT2D eigenvalue weighted by Gasteiger charge is 2.33. The van der Waals surface area contributed by atoms with E-state index < -0.39 is 0 Å². The molecule has 124 valence electrons. The zero-order valence-electron chi connectivity index (χ0n) is 14.9. The Labute approximate surface area is 140 Å². The van der Waals surface area contributed by atoms with Crippen LogP contribution < -0.4 is 11.5 Å². The summed E-state index contributed by atoms with van der Waals surface area (Å²) >= 11 is 0. The Morgan fingerprint density at radius 1 is 0.739 bits per heavy atom. The van der Waals surface area contributed by atoms with Gasteiger partial charge < -0.3 is 11.5 Å². The van der Waals surface area contributed by atoms with Crippen molar-refractivity contribution in [2.24, 2.45) is 0 Å². The summed E-state index contributed by atoms with van der Waals surface area (Å²) in [6.07, 6.45) is 4.12. The molecule has 2 aromatic carbocycles. The average Bonchev–Trinajstić information content (AvgIpc) is 2.58. The number of anilines is 2. The van der Waals surface area contributed by atoms with Gasteiger partial charge in [0.25, 0.3) is 0 Å². The van der Waals surface area contributed by atoms with Crippen LogP contribution in [0.1, 0.15) is 62.8 Å². The van der Waals surface area contributed by atoms with Gasteiger partial charge in [-0.15, -0.1) is 0 Å². The maximum atomic E-state index is 6.24. The smallest absolute Gasteiger partial charge is 0.0349 e. The quantitative estimate of drug-likeness (QED) is 0.731. The van der Waals surface area contributed by atoms with Gasteiger partial charge in [-0.3, -0.25) is 0 Å². The maximum absolute atomic E-state index is 6.24. The lowest BCUT2D eigenvalue weighted by Crippen LogP contribution is -2.28. The van der Waals surface area contributed by atoms with Crippen molar-refractivity contribution in [3.05, 3.63) is 58.7 Å². The van der Waals surface area contributed by atoms with Gasteiger partial charge in [0.15, 0.2) is 0 Å². The molecule has 0 amide bonds. The summed E-state index contributed by atoms with van der Waals surface area (Å²) in [5, 5.41) is 0. The van der Waals surface area contributed by atoms with Crippen LogP contribution in [0.15, 0.2) is 36.4 Å². The fraction of sp³-hybridized carbons (Fsp3) is 0.429. The molecule has 23 heavy (non-hydrogen) atoms. The van der Waals surface area contributed by atoms with Gasteiger partial charge in [0.05, 0.1) is 0 Å². The van der Waals surface area contributed by atoms with Crippen LogP contribution in [0.25, 0.3) is 0 Å². The van der Waals surface area contributed by atoms with Crippen molar-refractivity contribution in [1.29, 1.82) is 0 Å².